The number of imidazole rings is 1. The second kappa shape index (κ2) is 10.0. The van der Waals surface area contributed by atoms with Crippen molar-refractivity contribution in [3.63, 3.8) is 0 Å². The maximum atomic E-state index is 13.2. The first-order valence-electron chi connectivity index (χ1n) is 12.4. The number of nitrogens with zero attached hydrogens (tertiary/aromatic N) is 7. The summed E-state index contributed by atoms with van der Waals surface area (Å²) in [5.41, 5.74) is 0.658. The van der Waals surface area contributed by atoms with E-state index in [0.717, 1.165) is 25.4 Å². The van der Waals surface area contributed by atoms with Crippen LogP contribution < -0.4 is 10.3 Å². The highest BCUT2D eigenvalue weighted by atomic mass is 19.4. The highest BCUT2D eigenvalue weighted by Crippen LogP contribution is 2.45. The van der Waals surface area contributed by atoms with E-state index in [1.165, 1.54) is 28.4 Å². The molecule has 210 valence electrons. The van der Waals surface area contributed by atoms with Crippen LogP contribution in [0.4, 0.5) is 22.0 Å². The second-order valence-electron chi connectivity index (χ2n) is 9.58. The maximum absolute atomic E-state index is 13.2. The molecule has 4 heterocycles. The fourth-order valence-corrected chi connectivity index (χ4v) is 4.59. The van der Waals surface area contributed by atoms with Gasteiger partial charge in [0.05, 0.1) is 12.2 Å². The molecule has 6 rings (SSSR count). The fraction of sp³-hybridized carbons (Fsp3) is 0.259. The SMILES string of the molecule is Cn1cc(C(F)(F)F)nc1-c1ccc(Cn2c(=O)ccc3cnc(-c4c(OC(F)F)ncnc4C4CC4)nc32)cc1. The Hall–Kier alpha value is -4.75. The Labute approximate surface area is 228 Å². The van der Waals surface area contributed by atoms with Crippen LogP contribution >= 0.6 is 0 Å². The second-order valence-corrected chi connectivity index (χ2v) is 9.58. The molecule has 1 aliphatic carbocycles. The summed E-state index contributed by atoms with van der Waals surface area (Å²) in [6, 6.07) is 9.50. The number of alkyl halides is 5. The van der Waals surface area contributed by atoms with Crippen molar-refractivity contribution in [1.29, 1.82) is 0 Å². The third-order valence-electron chi connectivity index (χ3n) is 6.67. The minimum Gasteiger partial charge on any atom is -0.416 e. The Morgan fingerprint density at radius 2 is 1.78 bits per heavy atom. The van der Waals surface area contributed by atoms with Crippen molar-refractivity contribution in [2.45, 2.75) is 38.1 Å². The van der Waals surface area contributed by atoms with Gasteiger partial charge in [-0.2, -0.15) is 22.0 Å². The maximum Gasteiger partial charge on any atom is 0.434 e. The Morgan fingerprint density at radius 3 is 2.44 bits per heavy atom. The number of rotatable bonds is 7. The lowest BCUT2D eigenvalue weighted by molar-refractivity contribution is -0.140. The Balaban J connectivity index is 1.38. The number of ether oxygens (including phenoxy) is 1. The molecule has 0 aliphatic heterocycles. The van der Waals surface area contributed by atoms with E-state index in [-0.39, 0.29) is 46.8 Å². The van der Waals surface area contributed by atoms with E-state index in [0.29, 0.717) is 22.2 Å². The summed E-state index contributed by atoms with van der Waals surface area (Å²) in [4.78, 5) is 33.7. The third kappa shape index (κ3) is 5.24. The van der Waals surface area contributed by atoms with Crippen molar-refractivity contribution in [2.24, 2.45) is 7.05 Å². The van der Waals surface area contributed by atoms with Crippen molar-refractivity contribution >= 4 is 11.0 Å². The van der Waals surface area contributed by atoms with E-state index in [2.05, 4.69) is 29.7 Å². The van der Waals surface area contributed by atoms with Gasteiger partial charge in [-0.05, 0) is 24.5 Å². The molecule has 4 aromatic heterocycles. The normalized spacial score (nSPS) is 13.7. The third-order valence-corrected chi connectivity index (χ3v) is 6.67. The van der Waals surface area contributed by atoms with Gasteiger partial charge in [0.15, 0.2) is 11.5 Å². The minimum absolute atomic E-state index is 0.0368. The molecule has 1 aliphatic rings. The smallest absolute Gasteiger partial charge is 0.416 e. The van der Waals surface area contributed by atoms with Gasteiger partial charge >= 0.3 is 12.8 Å². The molecular formula is C27H20F5N7O2. The predicted octanol–water partition coefficient (Wildman–Crippen LogP) is 5.19. The Bertz CT molecular complexity index is 1810. The summed E-state index contributed by atoms with van der Waals surface area (Å²) in [5.74, 6) is -0.128. The van der Waals surface area contributed by atoms with E-state index in [9.17, 15) is 26.7 Å². The first-order chi connectivity index (χ1) is 19.6. The Morgan fingerprint density at radius 1 is 1.02 bits per heavy atom. The van der Waals surface area contributed by atoms with Crippen LogP contribution in [0.1, 0.15) is 35.7 Å². The summed E-state index contributed by atoms with van der Waals surface area (Å²) in [5, 5.41) is 0.527. The van der Waals surface area contributed by atoms with E-state index >= 15 is 0 Å². The number of hydrogen-bond donors (Lipinski definition) is 0. The largest absolute Gasteiger partial charge is 0.434 e. The lowest BCUT2D eigenvalue weighted by Gasteiger charge is -2.14. The van der Waals surface area contributed by atoms with Gasteiger partial charge in [-0.25, -0.2) is 24.9 Å². The molecule has 1 fully saturated rings. The Kier molecular flexibility index (Phi) is 6.47. The topological polar surface area (TPSA) is 101 Å². The summed E-state index contributed by atoms with van der Waals surface area (Å²) in [6.07, 6.45) is 0.630. The van der Waals surface area contributed by atoms with Crippen LogP contribution in [-0.4, -0.2) is 40.7 Å². The molecule has 1 saturated carbocycles. The van der Waals surface area contributed by atoms with Gasteiger partial charge < -0.3 is 9.30 Å². The number of fused-ring (bicyclic) bond motifs is 1. The molecule has 5 aromatic rings. The van der Waals surface area contributed by atoms with Crippen LogP contribution in [0.2, 0.25) is 0 Å². The van der Waals surface area contributed by atoms with Crippen molar-refractivity contribution in [3.05, 3.63) is 82.4 Å². The van der Waals surface area contributed by atoms with Gasteiger partial charge in [-0.15, -0.1) is 0 Å². The molecule has 1 aromatic carbocycles. The van der Waals surface area contributed by atoms with E-state index < -0.39 is 18.5 Å². The lowest BCUT2D eigenvalue weighted by atomic mass is 10.1. The molecule has 0 spiro atoms. The van der Waals surface area contributed by atoms with Crippen LogP contribution in [0.3, 0.4) is 0 Å². The average Bonchev–Trinajstić information content (AvgIpc) is 3.70. The van der Waals surface area contributed by atoms with Crippen LogP contribution in [0.25, 0.3) is 33.8 Å². The molecule has 0 atom stereocenters. The predicted molar refractivity (Wildman–Crippen MR) is 136 cm³/mol. The van der Waals surface area contributed by atoms with Crippen LogP contribution in [-0.2, 0) is 19.8 Å². The number of aromatic nitrogens is 7. The number of pyridine rings is 1. The van der Waals surface area contributed by atoms with Gasteiger partial charge in [0.1, 0.15) is 23.4 Å². The number of benzene rings is 1. The van der Waals surface area contributed by atoms with E-state index in [1.807, 2.05) is 0 Å². The fourth-order valence-electron chi connectivity index (χ4n) is 4.59. The highest BCUT2D eigenvalue weighted by Gasteiger charge is 2.35. The minimum atomic E-state index is -4.57. The first-order valence-corrected chi connectivity index (χ1v) is 12.4. The highest BCUT2D eigenvalue weighted by molar-refractivity contribution is 5.78. The van der Waals surface area contributed by atoms with Crippen molar-refractivity contribution < 1.29 is 26.7 Å². The summed E-state index contributed by atoms with van der Waals surface area (Å²) < 4.78 is 72.9. The zero-order valence-corrected chi connectivity index (χ0v) is 21.3. The standard InChI is InChI=1S/C27H20F5N7O2/c1-38-12-18(27(30,31)32)36-23(38)16-4-2-14(3-5-16)11-39-19(40)9-8-17-10-33-22(37-24(17)39)20-21(15-6-7-15)34-13-35-25(20)41-26(28)29/h2-5,8-10,12-13,15,26H,6-7,11H2,1H3. The molecule has 0 amide bonds. The lowest BCUT2D eigenvalue weighted by Crippen LogP contribution is -2.21. The summed E-state index contributed by atoms with van der Waals surface area (Å²) in [7, 11) is 1.47. The van der Waals surface area contributed by atoms with Crippen molar-refractivity contribution in [1.82, 2.24) is 34.1 Å². The molecule has 0 bridgehead atoms. The molecule has 14 heteroatoms. The molecule has 0 N–H and O–H groups in total. The van der Waals surface area contributed by atoms with Gasteiger partial charge in [0.25, 0.3) is 5.56 Å². The summed E-state index contributed by atoms with van der Waals surface area (Å²) >= 11 is 0. The van der Waals surface area contributed by atoms with Crippen LogP contribution in [0, 0.1) is 0 Å². The quantitative estimate of drug-likeness (QED) is 0.249. The first kappa shape index (κ1) is 26.5. The van der Waals surface area contributed by atoms with E-state index in [1.54, 1.807) is 30.3 Å². The zero-order chi connectivity index (χ0) is 28.9. The number of hydrogen-bond acceptors (Lipinski definition) is 7. The zero-order valence-electron chi connectivity index (χ0n) is 21.3. The molecule has 0 saturated heterocycles. The van der Waals surface area contributed by atoms with Gasteiger partial charge in [-0.3, -0.25) is 9.36 Å². The molecule has 41 heavy (non-hydrogen) atoms. The molecule has 9 nitrogen and oxygen atoms in total. The number of halogens is 5. The van der Waals surface area contributed by atoms with Gasteiger partial charge in [0.2, 0.25) is 5.88 Å². The van der Waals surface area contributed by atoms with Crippen molar-refractivity contribution in [3.8, 4) is 28.7 Å². The van der Waals surface area contributed by atoms with Gasteiger partial charge in [0, 0.05) is 42.4 Å². The van der Waals surface area contributed by atoms with Crippen molar-refractivity contribution in [2.75, 3.05) is 0 Å². The molecular weight excluding hydrogens is 549 g/mol. The number of aryl methyl sites for hydroxylation is 1. The monoisotopic (exact) mass is 569 g/mol. The summed E-state index contributed by atoms with van der Waals surface area (Å²) in [6.45, 7) is -3.05. The van der Waals surface area contributed by atoms with Crippen LogP contribution in [0.5, 0.6) is 5.88 Å². The van der Waals surface area contributed by atoms with E-state index in [4.69, 9.17) is 0 Å². The van der Waals surface area contributed by atoms with Crippen LogP contribution in [0.15, 0.2) is 59.9 Å². The molecule has 0 radical (unpaired) electrons. The van der Waals surface area contributed by atoms with Gasteiger partial charge in [-0.1, -0.05) is 24.3 Å². The average molecular weight is 569 g/mol. The molecule has 0 unspecified atom stereocenters.